The molecule has 0 radical (unpaired) electrons. The topological polar surface area (TPSA) is 26.3 Å². The number of ether oxygens (including phenoxy) is 1. The molecular weight excluding hydrogens is 297 g/mol. The monoisotopic (exact) mass is 324 g/mol. The van der Waals surface area contributed by atoms with Crippen molar-refractivity contribution in [1.29, 1.82) is 0 Å². The van der Waals surface area contributed by atoms with E-state index in [0.717, 1.165) is 6.42 Å². The summed E-state index contributed by atoms with van der Waals surface area (Å²) in [6.07, 6.45) is 0.850. The maximum atomic E-state index is 12.3. The van der Waals surface area contributed by atoms with Gasteiger partial charge in [-0.05, 0) is 0 Å². The summed E-state index contributed by atoms with van der Waals surface area (Å²) in [4.78, 5) is 12.3. The van der Waals surface area contributed by atoms with E-state index < -0.39 is 13.3 Å². The molecule has 0 bridgehead atoms. The van der Waals surface area contributed by atoms with E-state index in [-0.39, 0.29) is 10.7 Å². The van der Waals surface area contributed by atoms with Crippen molar-refractivity contribution >= 4 is 19.2 Å². The van der Waals surface area contributed by atoms with Crippen LogP contribution in [0.2, 0.25) is 20.5 Å². The van der Waals surface area contributed by atoms with Gasteiger partial charge in [-0.25, -0.2) is 0 Å². The molecule has 19 heavy (non-hydrogen) atoms. The molecule has 2 nitrogen and oxygen atoms in total. The number of methoxy groups -OCH3 is 1. The van der Waals surface area contributed by atoms with Crippen LogP contribution >= 0.6 is 0 Å². The summed E-state index contributed by atoms with van der Waals surface area (Å²) < 4.78 is 5.24. The second-order valence-electron chi connectivity index (χ2n) is 5.19. The second kappa shape index (κ2) is 7.73. The van der Waals surface area contributed by atoms with Crippen LogP contribution in [-0.4, -0.2) is 26.3 Å². The summed E-state index contributed by atoms with van der Waals surface area (Å²) >= 11 is -2.16. The number of rotatable bonds is 7. The second-order valence-corrected chi connectivity index (χ2v) is 16.8. The van der Waals surface area contributed by atoms with Crippen molar-refractivity contribution in [2.24, 2.45) is 0 Å². The van der Waals surface area contributed by atoms with E-state index in [0.29, 0.717) is 0 Å². The first-order valence-electron chi connectivity index (χ1n) is 7.25. The van der Waals surface area contributed by atoms with Gasteiger partial charge in [0.25, 0.3) is 0 Å². The fraction of sp³-hybridized carbons (Fsp3) is 0.562. The van der Waals surface area contributed by atoms with Crippen molar-refractivity contribution in [3.05, 3.63) is 35.9 Å². The van der Waals surface area contributed by atoms with E-state index in [1.54, 1.807) is 0 Å². The summed E-state index contributed by atoms with van der Waals surface area (Å²) in [6.45, 7) is 6.77. The fourth-order valence-electron chi connectivity index (χ4n) is 3.03. The van der Waals surface area contributed by atoms with E-state index >= 15 is 0 Å². The minimum atomic E-state index is -2.16. The van der Waals surface area contributed by atoms with Crippen molar-refractivity contribution < 1.29 is 9.53 Å². The van der Waals surface area contributed by atoms with Crippen LogP contribution in [0.3, 0.4) is 0 Å². The van der Waals surface area contributed by atoms with Crippen molar-refractivity contribution in [2.75, 3.05) is 7.11 Å². The Hall–Kier alpha value is -0.767. The molecular formula is C16H26GeO2. The van der Waals surface area contributed by atoms with E-state index in [9.17, 15) is 4.79 Å². The molecule has 1 unspecified atom stereocenters. The first-order valence-corrected chi connectivity index (χ1v) is 12.9. The van der Waals surface area contributed by atoms with Gasteiger partial charge in [-0.2, -0.15) is 0 Å². The van der Waals surface area contributed by atoms with Crippen LogP contribution < -0.4 is 0 Å². The zero-order chi connectivity index (χ0) is 14.3. The Bertz CT molecular complexity index is 377. The molecule has 1 rings (SSSR count). The Kier molecular flexibility index (Phi) is 6.63. The summed E-state index contributed by atoms with van der Waals surface area (Å²) in [7, 11) is 1.52. The standard InChI is InChI=1S/C16H26GeO2/c1-5-17(6-2,7-3)15(16(18)19-4)13-14-11-9-8-10-12-14/h8-12,15H,5-7,13H2,1-4H3. The van der Waals surface area contributed by atoms with E-state index in [1.165, 1.54) is 28.4 Å². The van der Waals surface area contributed by atoms with Gasteiger partial charge in [0.05, 0.1) is 0 Å². The van der Waals surface area contributed by atoms with Gasteiger partial charge in [-0.1, -0.05) is 0 Å². The number of benzene rings is 1. The SMILES string of the molecule is C[CH2][Ge]([CH2]C)([CH2]C)[CH](Cc1ccccc1)C(=O)OC. The third kappa shape index (κ3) is 3.85. The predicted molar refractivity (Wildman–Crippen MR) is 83.1 cm³/mol. The summed E-state index contributed by atoms with van der Waals surface area (Å²) in [5.74, 6) is 0.00871. The number of hydrogen-bond acceptors (Lipinski definition) is 2. The average molecular weight is 323 g/mol. The molecule has 1 aromatic rings. The molecule has 0 aliphatic heterocycles. The Balaban J connectivity index is 3.04. The van der Waals surface area contributed by atoms with Crippen LogP contribution in [0.1, 0.15) is 26.3 Å². The van der Waals surface area contributed by atoms with Crippen LogP contribution in [0.5, 0.6) is 0 Å². The summed E-state index contributed by atoms with van der Waals surface area (Å²) in [6, 6.07) is 10.3. The zero-order valence-electron chi connectivity index (χ0n) is 12.6. The maximum absolute atomic E-state index is 12.3. The third-order valence-electron chi connectivity index (χ3n) is 4.62. The van der Waals surface area contributed by atoms with Gasteiger partial charge in [0.15, 0.2) is 0 Å². The molecule has 0 aromatic heterocycles. The molecule has 0 saturated carbocycles. The van der Waals surface area contributed by atoms with Crippen LogP contribution in [-0.2, 0) is 16.0 Å². The quantitative estimate of drug-likeness (QED) is 0.553. The normalized spacial score (nSPS) is 13.1. The molecule has 0 aliphatic rings. The number of esters is 1. The predicted octanol–water partition coefficient (Wildman–Crippen LogP) is 4.28. The number of carbonyl (C=O) groups is 1. The Morgan fingerprint density at radius 1 is 1.11 bits per heavy atom. The van der Waals surface area contributed by atoms with E-state index in [4.69, 9.17) is 4.74 Å². The van der Waals surface area contributed by atoms with Gasteiger partial charge in [-0.3, -0.25) is 0 Å². The van der Waals surface area contributed by atoms with Gasteiger partial charge < -0.3 is 0 Å². The van der Waals surface area contributed by atoms with Gasteiger partial charge in [-0.15, -0.1) is 0 Å². The Labute approximate surface area is 119 Å². The van der Waals surface area contributed by atoms with Crippen molar-refractivity contribution in [3.63, 3.8) is 0 Å². The molecule has 1 aromatic carbocycles. The molecule has 106 valence electrons. The van der Waals surface area contributed by atoms with Gasteiger partial charge in [0.1, 0.15) is 0 Å². The van der Waals surface area contributed by atoms with Crippen LogP contribution in [0.4, 0.5) is 0 Å². The summed E-state index contributed by atoms with van der Waals surface area (Å²) in [5, 5.41) is 3.58. The molecule has 0 fully saturated rings. The molecule has 0 amide bonds. The first-order chi connectivity index (χ1) is 9.13. The van der Waals surface area contributed by atoms with Crippen LogP contribution in [0.15, 0.2) is 30.3 Å². The Morgan fingerprint density at radius 3 is 2.05 bits per heavy atom. The third-order valence-corrected chi connectivity index (χ3v) is 17.5. The summed E-state index contributed by atoms with van der Waals surface area (Å²) in [5.41, 5.74) is 1.25. The molecule has 0 spiro atoms. The van der Waals surface area contributed by atoms with Crippen molar-refractivity contribution in [3.8, 4) is 0 Å². The number of hydrogen-bond donors (Lipinski definition) is 0. The van der Waals surface area contributed by atoms with E-state index in [1.807, 2.05) is 18.2 Å². The molecule has 0 saturated heterocycles. The van der Waals surface area contributed by atoms with Gasteiger partial charge in [0.2, 0.25) is 0 Å². The van der Waals surface area contributed by atoms with Gasteiger partial charge in [0, 0.05) is 0 Å². The molecule has 0 aliphatic carbocycles. The van der Waals surface area contributed by atoms with Crippen molar-refractivity contribution in [2.45, 2.75) is 47.7 Å². The molecule has 3 heteroatoms. The zero-order valence-corrected chi connectivity index (χ0v) is 14.7. The first kappa shape index (κ1) is 16.3. The van der Waals surface area contributed by atoms with Crippen molar-refractivity contribution in [1.82, 2.24) is 0 Å². The number of carbonyl (C=O) groups excluding carboxylic acids is 1. The minimum absolute atomic E-state index is 0.00871. The molecule has 0 heterocycles. The molecule has 1 atom stereocenters. The average Bonchev–Trinajstić information content (AvgIpc) is 2.48. The van der Waals surface area contributed by atoms with Gasteiger partial charge >= 0.3 is 119 Å². The van der Waals surface area contributed by atoms with Crippen LogP contribution in [0, 0.1) is 0 Å². The van der Waals surface area contributed by atoms with Crippen LogP contribution in [0.25, 0.3) is 0 Å². The van der Waals surface area contributed by atoms with E-state index in [2.05, 4.69) is 32.9 Å². The fourth-order valence-corrected chi connectivity index (χ4v) is 12.0. The molecule has 0 N–H and O–H groups in total. The Morgan fingerprint density at radius 2 is 1.63 bits per heavy atom.